The van der Waals surface area contributed by atoms with Crippen LogP contribution in [0.15, 0.2) is 35.1 Å². The number of carbonyl (C=O) groups is 1. The van der Waals surface area contributed by atoms with Gasteiger partial charge in [0.05, 0.1) is 24.4 Å². The number of amides is 1. The van der Waals surface area contributed by atoms with Gasteiger partial charge in [0.25, 0.3) is 5.56 Å². The van der Waals surface area contributed by atoms with E-state index in [0.29, 0.717) is 49.6 Å². The molecular weight excluding hydrogens is 404 g/mol. The molecule has 30 heavy (non-hydrogen) atoms. The van der Waals surface area contributed by atoms with Crippen LogP contribution < -0.4 is 5.56 Å². The van der Waals surface area contributed by atoms with Crippen molar-refractivity contribution in [1.82, 2.24) is 19.2 Å². The van der Waals surface area contributed by atoms with E-state index in [-0.39, 0.29) is 29.8 Å². The predicted molar refractivity (Wildman–Crippen MR) is 113 cm³/mol. The van der Waals surface area contributed by atoms with Crippen molar-refractivity contribution in [2.45, 2.75) is 38.1 Å². The summed E-state index contributed by atoms with van der Waals surface area (Å²) in [6.45, 7) is 3.42. The number of benzene rings is 1. The van der Waals surface area contributed by atoms with Gasteiger partial charge in [0, 0.05) is 31.1 Å². The lowest BCUT2D eigenvalue weighted by molar-refractivity contribution is -0.131. The number of nitrogens with one attached hydrogen (secondary N) is 1. The Morgan fingerprint density at radius 3 is 2.67 bits per heavy atom. The normalized spacial score (nSPS) is 20.7. The molecule has 0 spiro atoms. The number of likely N-dealkylation sites (tertiary alicyclic amines) is 1. The molecule has 0 saturated carbocycles. The molecule has 2 atom stereocenters. The number of fused-ring (bicyclic) bond motifs is 1. The summed E-state index contributed by atoms with van der Waals surface area (Å²) in [5.74, 6) is 0.302. The topological polar surface area (TPSA) is 103 Å². The first-order chi connectivity index (χ1) is 14.2. The number of aromatic nitrogens is 2. The molecule has 3 heterocycles. The average molecular weight is 431 g/mol. The molecule has 1 saturated heterocycles. The zero-order chi connectivity index (χ0) is 21.5. The fourth-order valence-corrected chi connectivity index (χ4v) is 5.03. The Labute approximate surface area is 176 Å². The zero-order valence-corrected chi connectivity index (χ0v) is 18.0. The van der Waals surface area contributed by atoms with Gasteiger partial charge in [-0.2, -0.15) is 4.31 Å². The van der Waals surface area contributed by atoms with Gasteiger partial charge < -0.3 is 9.88 Å². The first-order valence-corrected chi connectivity index (χ1v) is 12.0. The van der Waals surface area contributed by atoms with Crippen molar-refractivity contribution in [2.75, 3.05) is 25.9 Å². The summed E-state index contributed by atoms with van der Waals surface area (Å²) in [5, 5.41) is 0. The van der Waals surface area contributed by atoms with E-state index in [1.165, 1.54) is 10.6 Å². The molecule has 2 aromatic rings. The Morgan fingerprint density at radius 1 is 1.23 bits per heavy atom. The third-order valence-electron chi connectivity index (χ3n) is 6.08. The Kier molecular flexibility index (Phi) is 5.50. The maximum atomic E-state index is 12.9. The van der Waals surface area contributed by atoms with Gasteiger partial charge in [-0.15, -0.1) is 0 Å². The lowest BCUT2D eigenvalue weighted by atomic mass is 10.00. The second-order valence-corrected chi connectivity index (χ2v) is 10.1. The van der Waals surface area contributed by atoms with Crippen molar-refractivity contribution in [2.24, 2.45) is 0 Å². The van der Waals surface area contributed by atoms with Crippen LogP contribution in [-0.4, -0.2) is 59.4 Å². The maximum absolute atomic E-state index is 12.9. The summed E-state index contributed by atoms with van der Waals surface area (Å²) in [6.07, 6.45) is 2.24. The van der Waals surface area contributed by atoms with Crippen LogP contribution in [0.4, 0.5) is 0 Å². The highest BCUT2D eigenvalue weighted by molar-refractivity contribution is 7.88. The largest absolute Gasteiger partial charge is 0.341 e. The molecular formula is C21H26N4O4S. The van der Waals surface area contributed by atoms with E-state index in [4.69, 9.17) is 0 Å². The van der Waals surface area contributed by atoms with Crippen LogP contribution in [0.3, 0.4) is 0 Å². The summed E-state index contributed by atoms with van der Waals surface area (Å²) >= 11 is 0. The Bertz CT molecular complexity index is 1110. The van der Waals surface area contributed by atoms with E-state index in [1.54, 1.807) is 0 Å². The minimum atomic E-state index is -3.34. The predicted octanol–water partition coefficient (Wildman–Crippen LogP) is 1.21. The summed E-state index contributed by atoms with van der Waals surface area (Å²) in [4.78, 5) is 34.8. The van der Waals surface area contributed by atoms with E-state index < -0.39 is 10.0 Å². The fraction of sp³-hybridized carbons (Fsp3) is 0.476. The van der Waals surface area contributed by atoms with Crippen molar-refractivity contribution >= 4 is 15.9 Å². The number of hydrogen-bond acceptors (Lipinski definition) is 5. The highest BCUT2D eigenvalue weighted by Gasteiger charge is 2.33. The van der Waals surface area contributed by atoms with Crippen molar-refractivity contribution in [3.05, 3.63) is 63.3 Å². The molecule has 4 rings (SSSR count). The Morgan fingerprint density at radius 2 is 1.97 bits per heavy atom. The lowest BCUT2D eigenvalue weighted by Crippen LogP contribution is -2.39. The van der Waals surface area contributed by atoms with Crippen LogP contribution in [0, 0.1) is 0 Å². The SMILES string of the molecule is C[C@H](C(=O)N1CC[C@H](c2nc3c(c(=O)[nH]2)CCN(S(C)(=O)=O)C3)C1)c1ccccc1. The molecule has 0 radical (unpaired) electrons. The summed E-state index contributed by atoms with van der Waals surface area (Å²) in [5.41, 5.74) is 1.85. The van der Waals surface area contributed by atoms with Crippen LogP contribution in [0.25, 0.3) is 0 Å². The highest BCUT2D eigenvalue weighted by atomic mass is 32.2. The molecule has 2 aliphatic heterocycles. The second kappa shape index (κ2) is 7.96. The molecule has 1 aromatic carbocycles. The number of H-pyrrole nitrogens is 1. The van der Waals surface area contributed by atoms with Gasteiger partial charge >= 0.3 is 0 Å². The van der Waals surface area contributed by atoms with Gasteiger partial charge in [-0.25, -0.2) is 13.4 Å². The summed E-state index contributed by atoms with van der Waals surface area (Å²) in [7, 11) is -3.34. The van der Waals surface area contributed by atoms with E-state index in [0.717, 1.165) is 5.56 Å². The van der Waals surface area contributed by atoms with Gasteiger partial charge in [-0.1, -0.05) is 30.3 Å². The molecule has 1 aromatic heterocycles. The smallest absolute Gasteiger partial charge is 0.254 e. The van der Waals surface area contributed by atoms with Crippen LogP contribution in [0.2, 0.25) is 0 Å². The van der Waals surface area contributed by atoms with E-state index in [1.807, 2.05) is 42.2 Å². The third-order valence-corrected chi connectivity index (χ3v) is 7.33. The van der Waals surface area contributed by atoms with Gasteiger partial charge in [-0.05, 0) is 25.3 Å². The van der Waals surface area contributed by atoms with E-state index >= 15 is 0 Å². The number of sulfonamides is 1. The van der Waals surface area contributed by atoms with E-state index in [9.17, 15) is 18.0 Å². The van der Waals surface area contributed by atoms with Crippen molar-refractivity contribution in [3.63, 3.8) is 0 Å². The zero-order valence-electron chi connectivity index (χ0n) is 17.2. The minimum absolute atomic E-state index is 0.0623. The molecule has 1 amide bonds. The molecule has 1 N–H and O–H groups in total. The van der Waals surface area contributed by atoms with Gasteiger partial charge in [0.15, 0.2) is 0 Å². The molecule has 0 bridgehead atoms. The number of nitrogens with zero attached hydrogens (tertiary/aromatic N) is 3. The fourth-order valence-electron chi connectivity index (χ4n) is 4.25. The summed E-state index contributed by atoms with van der Waals surface area (Å²) in [6, 6.07) is 9.68. The Balaban J connectivity index is 1.51. The molecule has 8 nitrogen and oxygen atoms in total. The first-order valence-electron chi connectivity index (χ1n) is 10.1. The number of aromatic amines is 1. The molecule has 2 aliphatic rings. The Hall–Kier alpha value is -2.52. The molecule has 160 valence electrons. The van der Waals surface area contributed by atoms with Crippen molar-refractivity contribution in [3.8, 4) is 0 Å². The van der Waals surface area contributed by atoms with Gasteiger partial charge in [0.1, 0.15) is 5.82 Å². The lowest BCUT2D eigenvalue weighted by Gasteiger charge is -2.26. The standard InChI is InChI=1S/C21H26N4O4S/c1-14(15-6-4-3-5-7-15)21(27)24-10-8-16(12-24)19-22-18-13-25(30(2,28)29)11-9-17(18)20(26)23-19/h3-7,14,16H,8-13H2,1-2H3,(H,22,23,26)/t14-,16-/m0/s1. The number of rotatable bonds is 4. The minimum Gasteiger partial charge on any atom is -0.341 e. The van der Waals surface area contributed by atoms with Gasteiger partial charge in [-0.3, -0.25) is 9.59 Å². The molecule has 0 aliphatic carbocycles. The average Bonchev–Trinajstić information content (AvgIpc) is 3.22. The molecule has 9 heteroatoms. The monoisotopic (exact) mass is 430 g/mol. The van der Waals surface area contributed by atoms with Crippen molar-refractivity contribution in [1.29, 1.82) is 0 Å². The summed E-state index contributed by atoms with van der Waals surface area (Å²) < 4.78 is 25.1. The van der Waals surface area contributed by atoms with Crippen molar-refractivity contribution < 1.29 is 13.2 Å². The first kappa shape index (κ1) is 20.7. The quantitative estimate of drug-likeness (QED) is 0.785. The maximum Gasteiger partial charge on any atom is 0.254 e. The van der Waals surface area contributed by atoms with Gasteiger partial charge in [0.2, 0.25) is 15.9 Å². The van der Waals surface area contributed by atoms with E-state index in [2.05, 4.69) is 9.97 Å². The van der Waals surface area contributed by atoms with Crippen LogP contribution in [-0.2, 0) is 27.8 Å². The van der Waals surface area contributed by atoms with Crippen LogP contribution in [0.5, 0.6) is 0 Å². The van der Waals surface area contributed by atoms with Crippen LogP contribution >= 0.6 is 0 Å². The highest BCUT2D eigenvalue weighted by Crippen LogP contribution is 2.28. The molecule has 1 fully saturated rings. The van der Waals surface area contributed by atoms with Crippen LogP contribution in [0.1, 0.15) is 47.8 Å². The molecule has 0 unspecified atom stereocenters. The number of hydrogen-bond donors (Lipinski definition) is 1. The number of carbonyl (C=O) groups excluding carboxylic acids is 1. The third kappa shape index (κ3) is 4.04. The second-order valence-electron chi connectivity index (χ2n) is 8.13.